The van der Waals surface area contributed by atoms with Gasteiger partial charge < -0.3 is 20.9 Å². The Labute approximate surface area is 85.8 Å². The Morgan fingerprint density at radius 2 is 2.00 bits per heavy atom. The van der Waals surface area contributed by atoms with Crippen LogP contribution in [0, 0.1) is 5.82 Å². The van der Waals surface area contributed by atoms with Crippen molar-refractivity contribution in [3.8, 4) is 11.5 Å². The predicted molar refractivity (Wildman–Crippen MR) is 52.4 cm³/mol. The molecule has 0 atom stereocenters. The first kappa shape index (κ1) is 11.1. The molecule has 0 saturated carbocycles. The van der Waals surface area contributed by atoms with E-state index in [4.69, 9.17) is 20.9 Å². The molecule has 0 fully saturated rings. The van der Waals surface area contributed by atoms with Crippen LogP contribution in [0.5, 0.6) is 11.5 Å². The summed E-state index contributed by atoms with van der Waals surface area (Å²) >= 11 is 0. The number of ether oxygens (including phenoxy) is 2. The van der Waals surface area contributed by atoms with Gasteiger partial charge in [-0.15, -0.1) is 0 Å². The highest BCUT2D eigenvalue weighted by molar-refractivity contribution is 5.99. The van der Waals surface area contributed by atoms with Crippen molar-refractivity contribution in [1.29, 1.82) is 0 Å². The summed E-state index contributed by atoms with van der Waals surface area (Å²) in [6.07, 6.45) is 0. The number of carbonyl (C=O) groups excluding carboxylic acids is 1. The molecule has 0 bridgehead atoms. The van der Waals surface area contributed by atoms with Gasteiger partial charge in [-0.25, -0.2) is 4.39 Å². The van der Waals surface area contributed by atoms with Crippen molar-refractivity contribution >= 4 is 11.6 Å². The fourth-order valence-electron chi connectivity index (χ4n) is 1.22. The lowest BCUT2D eigenvalue weighted by atomic mass is 10.1. The van der Waals surface area contributed by atoms with E-state index in [0.29, 0.717) is 0 Å². The molecule has 5 nitrogen and oxygen atoms in total. The number of primary amides is 1. The molecule has 0 heterocycles. The number of halogens is 1. The SMILES string of the molecule is COc1cc(N)c(C(N)=O)c(F)c1OC. The number of hydrogen-bond donors (Lipinski definition) is 2. The molecule has 1 aromatic rings. The summed E-state index contributed by atoms with van der Waals surface area (Å²) in [5.74, 6) is -1.95. The summed E-state index contributed by atoms with van der Waals surface area (Å²) in [5, 5.41) is 0. The zero-order chi connectivity index (χ0) is 11.6. The molecule has 0 spiro atoms. The lowest BCUT2D eigenvalue weighted by molar-refractivity contribution is 0.0996. The molecule has 82 valence electrons. The maximum Gasteiger partial charge on any atom is 0.253 e. The molecule has 1 amide bonds. The van der Waals surface area contributed by atoms with Gasteiger partial charge in [0.2, 0.25) is 0 Å². The van der Waals surface area contributed by atoms with E-state index < -0.39 is 17.3 Å². The number of methoxy groups -OCH3 is 2. The molecule has 0 aromatic heterocycles. The molecular formula is C9H11FN2O3. The Morgan fingerprint density at radius 1 is 1.40 bits per heavy atom. The predicted octanol–water partition coefficient (Wildman–Crippen LogP) is 0.524. The van der Waals surface area contributed by atoms with Gasteiger partial charge in [-0.2, -0.15) is 0 Å². The van der Waals surface area contributed by atoms with Crippen molar-refractivity contribution in [1.82, 2.24) is 0 Å². The highest BCUT2D eigenvalue weighted by atomic mass is 19.1. The lowest BCUT2D eigenvalue weighted by Crippen LogP contribution is -2.16. The van der Waals surface area contributed by atoms with Crippen LogP contribution in [0.1, 0.15) is 10.4 Å². The van der Waals surface area contributed by atoms with E-state index in [0.717, 1.165) is 0 Å². The van der Waals surface area contributed by atoms with Gasteiger partial charge in [-0.05, 0) is 0 Å². The quantitative estimate of drug-likeness (QED) is 0.718. The second kappa shape index (κ2) is 4.04. The summed E-state index contributed by atoms with van der Waals surface area (Å²) in [5.41, 5.74) is 9.94. The Morgan fingerprint density at radius 3 is 2.40 bits per heavy atom. The van der Waals surface area contributed by atoms with Crippen LogP contribution in [0.2, 0.25) is 0 Å². The van der Waals surface area contributed by atoms with E-state index in [9.17, 15) is 9.18 Å². The van der Waals surface area contributed by atoms with Gasteiger partial charge in [0.15, 0.2) is 17.3 Å². The minimum atomic E-state index is -0.953. The van der Waals surface area contributed by atoms with Crippen molar-refractivity contribution < 1.29 is 18.7 Å². The maximum atomic E-state index is 13.6. The van der Waals surface area contributed by atoms with Crippen LogP contribution in [0.3, 0.4) is 0 Å². The molecule has 1 rings (SSSR count). The van der Waals surface area contributed by atoms with Gasteiger partial charge in [-0.1, -0.05) is 0 Å². The van der Waals surface area contributed by atoms with Crippen LogP contribution in [0.25, 0.3) is 0 Å². The highest BCUT2D eigenvalue weighted by Crippen LogP contribution is 2.35. The third kappa shape index (κ3) is 1.78. The van der Waals surface area contributed by atoms with Gasteiger partial charge in [0.05, 0.1) is 19.9 Å². The number of nitrogen functional groups attached to an aromatic ring is 1. The molecule has 0 saturated heterocycles. The first-order chi connectivity index (χ1) is 7.02. The average Bonchev–Trinajstić information content (AvgIpc) is 2.16. The zero-order valence-electron chi connectivity index (χ0n) is 8.33. The molecule has 4 N–H and O–H groups in total. The molecule has 1 aromatic carbocycles. The Bertz CT molecular complexity index is 407. The third-order valence-electron chi connectivity index (χ3n) is 1.89. The van der Waals surface area contributed by atoms with Crippen molar-refractivity contribution in [2.45, 2.75) is 0 Å². The number of amides is 1. The summed E-state index contributed by atoms with van der Waals surface area (Å²) in [7, 11) is 2.59. The van der Waals surface area contributed by atoms with Crippen LogP contribution in [-0.4, -0.2) is 20.1 Å². The smallest absolute Gasteiger partial charge is 0.253 e. The number of nitrogens with two attached hydrogens (primary N) is 2. The van der Waals surface area contributed by atoms with Gasteiger partial charge in [-0.3, -0.25) is 4.79 Å². The zero-order valence-corrected chi connectivity index (χ0v) is 8.33. The van der Waals surface area contributed by atoms with Crippen LogP contribution < -0.4 is 20.9 Å². The molecule has 0 aliphatic carbocycles. The molecule has 15 heavy (non-hydrogen) atoms. The number of rotatable bonds is 3. The molecule has 0 radical (unpaired) electrons. The highest BCUT2D eigenvalue weighted by Gasteiger charge is 2.21. The van der Waals surface area contributed by atoms with Crippen LogP contribution in [0.15, 0.2) is 6.07 Å². The maximum absolute atomic E-state index is 13.6. The first-order valence-corrected chi connectivity index (χ1v) is 4.02. The molecule has 0 aliphatic rings. The normalized spacial score (nSPS) is 9.80. The molecular weight excluding hydrogens is 203 g/mol. The summed E-state index contributed by atoms with van der Waals surface area (Å²) in [6.45, 7) is 0. The summed E-state index contributed by atoms with van der Waals surface area (Å²) < 4.78 is 23.2. The van der Waals surface area contributed by atoms with E-state index in [1.54, 1.807) is 0 Å². The third-order valence-corrected chi connectivity index (χ3v) is 1.89. The van der Waals surface area contributed by atoms with E-state index in [-0.39, 0.29) is 17.2 Å². The van der Waals surface area contributed by atoms with E-state index in [1.165, 1.54) is 20.3 Å². The second-order valence-electron chi connectivity index (χ2n) is 2.75. The fourth-order valence-corrected chi connectivity index (χ4v) is 1.22. The number of hydrogen-bond acceptors (Lipinski definition) is 4. The number of benzene rings is 1. The largest absolute Gasteiger partial charge is 0.493 e. The van der Waals surface area contributed by atoms with E-state index in [1.807, 2.05) is 0 Å². The van der Waals surface area contributed by atoms with E-state index in [2.05, 4.69) is 0 Å². The fraction of sp³-hybridized carbons (Fsp3) is 0.222. The van der Waals surface area contributed by atoms with Gasteiger partial charge in [0.1, 0.15) is 5.56 Å². The summed E-state index contributed by atoms with van der Waals surface area (Å²) in [6, 6.07) is 1.28. The van der Waals surface area contributed by atoms with E-state index >= 15 is 0 Å². The standard InChI is InChI=1S/C9H11FN2O3/c1-14-5-3-4(11)6(9(12)13)7(10)8(5)15-2/h3H,11H2,1-2H3,(H2,12,13). The van der Waals surface area contributed by atoms with Gasteiger partial charge in [0, 0.05) is 6.07 Å². The number of carbonyl (C=O) groups is 1. The van der Waals surface area contributed by atoms with Gasteiger partial charge in [0.25, 0.3) is 5.91 Å². The minimum Gasteiger partial charge on any atom is -0.493 e. The molecule has 6 heteroatoms. The summed E-state index contributed by atoms with van der Waals surface area (Å²) in [4.78, 5) is 10.9. The molecule has 0 unspecified atom stereocenters. The Hall–Kier alpha value is -1.98. The Kier molecular flexibility index (Phi) is 2.99. The topological polar surface area (TPSA) is 87.6 Å². The van der Waals surface area contributed by atoms with Crippen LogP contribution in [-0.2, 0) is 0 Å². The number of anilines is 1. The first-order valence-electron chi connectivity index (χ1n) is 4.02. The van der Waals surface area contributed by atoms with Crippen LogP contribution >= 0.6 is 0 Å². The van der Waals surface area contributed by atoms with Gasteiger partial charge >= 0.3 is 0 Å². The lowest BCUT2D eigenvalue weighted by Gasteiger charge is -2.12. The van der Waals surface area contributed by atoms with Crippen molar-refractivity contribution in [3.05, 3.63) is 17.4 Å². The van der Waals surface area contributed by atoms with Crippen molar-refractivity contribution in [2.75, 3.05) is 20.0 Å². The second-order valence-corrected chi connectivity index (χ2v) is 2.75. The minimum absolute atomic E-state index is 0.0855. The van der Waals surface area contributed by atoms with Crippen LogP contribution in [0.4, 0.5) is 10.1 Å². The van der Waals surface area contributed by atoms with Crippen molar-refractivity contribution in [3.63, 3.8) is 0 Å². The monoisotopic (exact) mass is 214 g/mol. The average molecular weight is 214 g/mol. The Balaban J connectivity index is 3.51. The van der Waals surface area contributed by atoms with Crippen molar-refractivity contribution in [2.24, 2.45) is 5.73 Å². The molecule has 0 aliphatic heterocycles.